The molecule has 1 aromatic carbocycles. The van der Waals surface area contributed by atoms with Gasteiger partial charge in [-0.1, -0.05) is 26.0 Å². The van der Waals surface area contributed by atoms with E-state index in [4.69, 9.17) is 0 Å². The lowest BCUT2D eigenvalue weighted by Gasteiger charge is -2.18. The summed E-state index contributed by atoms with van der Waals surface area (Å²) in [5, 5.41) is 9.53. The zero-order valence-electron chi connectivity index (χ0n) is 15.3. The Kier molecular flexibility index (Phi) is 6.76. The van der Waals surface area contributed by atoms with E-state index in [1.54, 1.807) is 35.1 Å². The van der Waals surface area contributed by atoms with E-state index in [2.05, 4.69) is 15.7 Å². The average Bonchev–Trinajstić information content (AvgIpc) is 3.04. The Morgan fingerprint density at radius 3 is 2.23 bits per heavy atom. The van der Waals surface area contributed by atoms with E-state index < -0.39 is 10.0 Å². The second-order valence-corrected chi connectivity index (χ2v) is 7.65. The molecule has 9 heteroatoms. The minimum atomic E-state index is -3.46. The van der Waals surface area contributed by atoms with Crippen LogP contribution in [0.15, 0.2) is 41.4 Å². The molecule has 0 aliphatic carbocycles. The number of hydrogen-bond acceptors (Lipinski definition) is 4. The minimum absolute atomic E-state index is 0.255. The second kappa shape index (κ2) is 8.81. The van der Waals surface area contributed by atoms with E-state index >= 15 is 0 Å². The molecule has 0 bridgehead atoms. The molecule has 1 aromatic heterocycles. The normalized spacial score (nSPS) is 11.5. The molecule has 2 amide bonds. The molecule has 0 radical (unpaired) electrons. The van der Waals surface area contributed by atoms with Crippen molar-refractivity contribution in [3.63, 3.8) is 0 Å². The van der Waals surface area contributed by atoms with Crippen molar-refractivity contribution in [1.29, 1.82) is 0 Å². The number of benzene rings is 1. The molecule has 2 rings (SSSR count). The van der Waals surface area contributed by atoms with Gasteiger partial charge in [-0.3, -0.25) is 4.68 Å². The largest absolute Gasteiger partial charge is 0.334 e. The van der Waals surface area contributed by atoms with Crippen LogP contribution in [0.5, 0.6) is 0 Å². The molecule has 0 unspecified atom stereocenters. The van der Waals surface area contributed by atoms with Crippen LogP contribution in [0.25, 0.3) is 0 Å². The Bertz CT molecular complexity index is 826. The lowest BCUT2D eigenvalue weighted by molar-refractivity contribution is 0.240. The Balaban J connectivity index is 1.89. The van der Waals surface area contributed by atoms with Gasteiger partial charge in [0.2, 0.25) is 10.0 Å². The summed E-state index contributed by atoms with van der Waals surface area (Å²) in [5.74, 6) is 0. The first-order valence-electron chi connectivity index (χ1n) is 8.46. The third kappa shape index (κ3) is 4.83. The number of carbonyl (C=O) groups is 1. The van der Waals surface area contributed by atoms with Gasteiger partial charge < -0.3 is 10.6 Å². The van der Waals surface area contributed by atoms with Crippen molar-refractivity contribution in [3.05, 3.63) is 47.8 Å². The van der Waals surface area contributed by atoms with Gasteiger partial charge in [-0.05, 0) is 23.8 Å². The fourth-order valence-corrected chi connectivity index (χ4v) is 3.94. The lowest BCUT2D eigenvalue weighted by Crippen LogP contribution is -2.35. The monoisotopic (exact) mass is 379 g/mol. The number of aryl methyl sites for hydroxylation is 1. The predicted octanol–water partition coefficient (Wildman–Crippen LogP) is 1.45. The van der Waals surface area contributed by atoms with E-state index in [9.17, 15) is 13.2 Å². The molecule has 0 atom stereocenters. The topological polar surface area (TPSA) is 96.3 Å². The highest BCUT2D eigenvalue weighted by Crippen LogP contribution is 2.16. The maximum Gasteiger partial charge on any atom is 0.315 e. The van der Waals surface area contributed by atoms with Crippen molar-refractivity contribution in [1.82, 2.24) is 24.7 Å². The van der Waals surface area contributed by atoms with Gasteiger partial charge in [0.25, 0.3) is 0 Å². The number of hydrogen-bond donors (Lipinski definition) is 2. The van der Waals surface area contributed by atoms with E-state index in [-0.39, 0.29) is 10.9 Å². The Hall–Kier alpha value is -2.39. The Labute approximate surface area is 154 Å². The molecular weight excluding hydrogens is 354 g/mol. The molecule has 2 N–H and O–H groups in total. The summed E-state index contributed by atoms with van der Waals surface area (Å²) in [4.78, 5) is 12.1. The zero-order chi connectivity index (χ0) is 19.2. The van der Waals surface area contributed by atoms with Gasteiger partial charge in [-0.25, -0.2) is 13.2 Å². The van der Waals surface area contributed by atoms with Gasteiger partial charge in [-0.2, -0.15) is 9.40 Å². The summed E-state index contributed by atoms with van der Waals surface area (Å²) in [6.07, 6.45) is 1.67. The molecule has 8 nitrogen and oxygen atoms in total. The average molecular weight is 379 g/mol. The molecule has 2 aromatic rings. The molecule has 26 heavy (non-hydrogen) atoms. The number of amides is 2. The van der Waals surface area contributed by atoms with Crippen molar-refractivity contribution in [3.8, 4) is 0 Å². The maximum absolute atomic E-state index is 12.4. The molecular formula is C17H25N5O3S. The van der Waals surface area contributed by atoms with Crippen LogP contribution < -0.4 is 10.6 Å². The highest BCUT2D eigenvalue weighted by Gasteiger charge is 2.21. The van der Waals surface area contributed by atoms with Crippen molar-refractivity contribution in [2.75, 3.05) is 13.1 Å². The van der Waals surface area contributed by atoms with Crippen LogP contribution in [0, 0.1) is 0 Å². The van der Waals surface area contributed by atoms with Crippen LogP contribution in [0.4, 0.5) is 4.79 Å². The van der Waals surface area contributed by atoms with Gasteiger partial charge in [-0.15, -0.1) is 0 Å². The van der Waals surface area contributed by atoms with E-state index in [1.165, 1.54) is 4.31 Å². The van der Waals surface area contributed by atoms with Crippen LogP contribution >= 0.6 is 0 Å². The summed E-state index contributed by atoms with van der Waals surface area (Å²) in [7, 11) is -1.65. The molecule has 0 aliphatic heterocycles. The van der Waals surface area contributed by atoms with Crippen molar-refractivity contribution >= 4 is 16.1 Å². The lowest BCUT2D eigenvalue weighted by atomic mass is 10.2. The number of rotatable bonds is 8. The fraction of sp³-hybridized carbons (Fsp3) is 0.412. The van der Waals surface area contributed by atoms with Gasteiger partial charge in [0.15, 0.2) is 0 Å². The maximum atomic E-state index is 12.4. The SMILES string of the molecule is CCN(CC)S(=O)(=O)c1ccc(CNC(=O)NCc2ccnn2C)cc1. The Morgan fingerprint density at radius 1 is 1.08 bits per heavy atom. The van der Waals surface area contributed by atoms with E-state index in [0.29, 0.717) is 26.2 Å². The summed E-state index contributed by atoms with van der Waals surface area (Å²) in [5.41, 5.74) is 1.71. The van der Waals surface area contributed by atoms with Gasteiger partial charge in [0, 0.05) is 32.9 Å². The van der Waals surface area contributed by atoms with Crippen LogP contribution in [0.3, 0.4) is 0 Å². The zero-order valence-corrected chi connectivity index (χ0v) is 16.1. The summed E-state index contributed by atoms with van der Waals surface area (Å²) < 4.78 is 28.0. The van der Waals surface area contributed by atoms with E-state index in [0.717, 1.165) is 11.3 Å². The quantitative estimate of drug-likeness (QED) is 0.725. The number of urea groups is 1. The summed E-state index contributed by atoms with van der Waals surface area (Å²) in [6.45, 7) is 5.16. The predicted molar refractivity (Wildman–Crippen MR) is 98.8 cm³/mol. The van der Waals surface area contributed by atoms with Crippen LogP contribution in [-0.4, -0.2) is 41.6 Å². The molecule has 0 saturated carbocycles. The molecule has 0 aliphatic rings. The van der Waals surface area contributed by atoms with E-state index in [1.807, 2.05) is 27.0 Å². The van der Waals surface area contributed by atoms with Crippen LogP contribution in [0.2, 0.25) is 0 Å². The number of sulfonamides is 1. The summed E-state index contributed by atoms with van der Waals surface area (Å²) >= 11 is 0. The number of nitrogens with zero attached hydrogens (tertiary/aromatic N) is 3. The highest BCUT2D eigenvalue weighted by molar-refractivity contribution is 7.89. The smallest absolute Gasteiger partial charge is 0.315 e. The van der Waals surface area contributed by atoms with Crippen molar-refractivity contribution in [2.45, 2.75) is 31.8 Å². The Morgan fingerprint density at radius 2 is 1.69 bits per heavy atom. The first-order valence-corrected chi connectivity index (χ1v) is 9.90. The second-order valence-electron chi connectivity index (χ2n) is 5.72. The van der Waals surface area contributed by atoms with Gasteiger partial charge in [0.1, 0.15) is 0 Å². The van der Waals surface area contributed by atoms with Crippen molar-refractivity contribution < 1.29 is 13.2 Å². The number of aromatic nitrogens is 2. The number of nitrogens with one attached hydrogen (secondary N) is 2. The van der Waals surface area contributed by atoms with Gasteiger partial charge >= 0.3 is 6.03 Å². The number of carbonyl (C=O) groups excluding carboxylic acids is 1. The first-order chi connectivity index (χ1) is 12.4. The fourth-order valence-electron chi connectivity index (χ4n) is 2.48. The molecule has 0 spiro atoms. The highest BCUT2D eigenvalue weighted by atomic mass is 32.2. The standard InChI is InChI=1S/C17H25N5O3S/c1-4-22(5-2)26(24,25)16-8-6-14(7-9-16)12-18-17(23)19-13-15-10-11-20-21(15)3/h6-11H,4-5,12-13H2,1-3H3,(H2,18,19,23). The van der Waals surface area contributed by atoms with Crippen molar-refractivity contribution in [2.24, 2.45) is 7.05 Å². The first kappa shape index (κ1) is 19.9. The van der Waals surface area contributed by atoms with Crippen LogP contribution in [-0.2, 0) is 30.2 Å². The van der Waals surface area contributed by atoms with Gasteiger partial charge in [0.05, 0.1) is 17.1 Å². The molecule has 0 saturated heterocycles. The third-order valence-corrected chi connectivity index (χ3v) is 6.14. The van der Waals surface area contributed by atoms with Crippen LogP contribution in [0.1, 0.15) is 25.1 Å². The molecule has 1 heterocycles. The third-order valence-electron chi connectivity index (χ3n) is 4.07. The molecule has 0 fully saturated rings. The molecule has 142 valence electrons. The summed E-state index contributed by atoms with van der Waals surface area (Å²) in [6, 6.07) is 8.08. The minimum Gasteiger partial charge on any atom is -0.334 e.